The maximum absolute atomic E-state index is 12.5. The largest absolute Gasteiger partial charge is 0.497 e. The molecular weight excluding hydrogens is 340 g/mol. The van der Waals surface area contributed by atoms with Crippen molar-refractivity contribution < 1.29 is 14.3 Å². The highest BCUT2D eigenvalue weighted by molar-refractivity contribution is 5.78. The Morgan fingerprint density at radius 3 is 2.59 bits per heavy atom. The zero-order valence-corrected chi connectivity index (χ0v) is 16.1. The smallest absolute Gasteiger partial charge is 0.224 e. The summed E-state index contributed by atoms with van der Waals surface area (Å²) in [6.07, 6.45) is 2.74. The van der Waals surface area contributed by atoms with Gasteiger partial charge in [0.25, 0.3) is 0 Å². The molecule has 5 heteroatoms. The van der Waals surface area contributed by atoms with Gasteiger partial charge in [-0.25, -0.2) is 0 Å². The number of benzene rings is 2. The fourth-order valence-electron chi connectivity index (χ4n) is 3.67. The molecule has 1 saturated heterocycles. The summed E-state index contributed by atoms with van der Waals surface area (Å²) in [5.74, 6) is 1.66. The number of carbonyl (C=O) groups excluding carboxylic acids is 1. The van der Waals surface area contributed by atoms with Gasteiger partial charge in [-0.1, -0.05) is 30.3 Å². The molecule has 1 heterocycles. The van der Waals surface area contributed by atoms with Crippen molar-refractivity contribution in [3.8, 4) is 11.5 Å². The number of rotatable bonds is 8. The molecule has 27 heavy (non-hydrogen) atoms. The Kier molecular flexibility index (Phi) is 6.71. The molecule has 0 radical (unpaired) electrons. The standard InChI is InChI=1S/C22H28N2O3/c1-26-18-9-7-8-17(14-18)15-22(25)23-16-20(24-12-5-6-13-24)19-10-3-4-11-21(19)27-2/h3-4,7-11,14,20H,5-6,12-13,15-16H2,1-2H3,(H,23,25). The lowest BCUT2D eigenvalue weighted by Gasteiger charge is -2.29. The van der Waals surface area contributed by atoms with Crippen molar-refractivity contribution >= 4 is 5.91 Å². The minimum atomic E-state index is 0.0161. The number of para-hydroxylation sites is 1. The molecule has 1 unspecified atom stereocenters. The van der Waals surface area contributed by atoms with E-state index in [4.69, 9.17) is 9.47 Å². The van der Waals surface area contributed by atoms with Crippen LogP contribution in [0.5, 0.6) is 11.5 Å². The van der Waals surface area contributed by atoms with Crippen LogP contribution in [0.15, 0.2) is 48.5 Å². The zero-order valence-electron chi connectivity index (χ0n) is 16.1. The second kappa shape index (κ2) is 9.42. The van der Waals surface area contributed by atoms with Crippen molar-refractivity contribution in [1.82, 2.24) is 10.2 Å². The van der Waals surface area contributed by atoms with E-state index in [1.165, 1.54) is 12.8 Å². The number of hydrogen-bond acceptors (Lipinski definition) is 4. The average molecular weight is 368 g/mol. The van der Waals surface area contributed by atoms with Crippen LogP contribution < -0.4 is 14.8 Å². The van der Waals surface area contributed by atoms with E-state index in [0.717, 1.165) is 35.7 Å². The van der Waals surface area contributed by atoms with Gasteiger partial charge in [0.2, 0.25) is 5.91 Å². The highest BCUT2D eigenvalue weighted by Gasteiger charge is 2.26. The molecule has 2 aromatic rings. The monoisotopic (exact) mass is 368 g/mol. The second-order valence-electron chi connectivity index (χ2n) is 6.83. The summed E-state index contributed by atoms with van der Waals surface area (Å²) in [6.45, 7) is 2.67. The Bertz CT molecular complexity index is 757. The average Bonchev–Trinajstić information content (AvgIpc) is 3.23. The molecule has 2 aromatic carbocycles. The molecule has 0 spiro atoms. The van der Waals surface area contributed by atoms with Crippen LogP contribution in [0.3, 0.4) is 0 Å². The highest BCUT2D eigenvalue weighted by Crippen LogP contribution is 2.31. The minimum absolute atomic E-state index is 0.0161. The molecule has 0 bridgehead atoms. The number of nitrogens with one attached hydrogen (secondary N) is 1. The summed E-state index contributed by atoms with van der Waals surface area (Å²) >= 11 is 0. The van der Waals surface area contributed by atoms with Gasteiger partial charge < -0.3 is 14.8 Å². The maximum Gasteiger partial charge on any atom is 0.224 e. The highest BCUT2D eigenvalue weighted by atomic mass is 16.5. The van der Waals surface area contributed by atoms with Crippen LogP contribution in [0.4, 0.5) is 0 Å². The van der Waals surface area contributed by atoms with Crippen LogP contribution in [0, 0.1) is 0 Å². The van der Waals surface area contributed by atoms with E-state index in [2.05, 4.69) is 16.3 Å². The van der Waals surface area contributed by atoms with Gasteiger partial charge >= 0.3 is 0 Å². The van der Waals surface area contributed by atoms with Crippen molar-refractivity contribution in [1.29, 1.82) is 0 Å². The lowest BCUT2D eigenvalue weighted by molar-refractivity contribution is -0.120. The van der Waals surface area contributed by atoms with Crippen molar-refractivity contribution in [3.05, 3.63) is 59.7 Å². The summed E-state index contributed by atoms with van der Waals surface area (Å²) in [4.78, 5) is 14.9. The predicted octanol–water partition coefficient (Wildman–Crippen LogP) is 3.20. The molecule has 1 atom stereocenters. The zero-order chi connectivity index (χ0) is 19.1. The number of likely N-dealkylation sites (tertiary alicyclic amines) is 1. The fraction of sp³-hybridized carbons (Fsp3) is 0.409. The topological polar surface area (TPSA) is 50.8 Å². The number of hydrogen-bond donors (Lipinski definition) is 1. The Balaban J connectivity index is 1.68. The van der Waals surface area contributed by atoms with Gasteiger partial charge in [-0.2, -0.15) is 0 Å². The third kappa shape index (κ3) is 5.01. The lowest BCUT2D eigenvalue weighted by atomic mass is 10.0. The van der Waals surface area contributed by atoms with Crippen molar-refractivity contribution in [2.75, 3.05) is 33.9 Å². The molecule has 1 aliphatic rings. The first-order valence-corrected chi connectivity index (χ1v) is 9.48. The summed E-state index contributed by atoms with van der Waals surface area (Å²) < 4.78 is 10.8. The van der Waals surface area contributed by atoms with Crippen molar-refractivity contribution in [2.45, 2.75) is 25.3 Å². The maximum atomic E-state index is 12.5. The van der Waals surface area contributed by atoms with Gasteiger partial charge in [0.05, 0.1) is 26.7 Å². The number of amides is 1. The van der Waals surface area contributed by atoms with E-state index < -0.39 is 0 Å². The molecule has 0 aromatic heterocycles. The number of ether oxygens (including phenoxy) is 2. The molecule has 0 saturated carbocycles. The predicted molar refractivity (Wildman–Crippen MR) is 106 cm³/mol. The normalized spacial score (nSPS) is 15.3. The summed E-state index contributed by atoms with van der Waals surface area (Å²) in [6, 6.07) is 15.8. The lowest BCUT2D eigenvalue weighted by Crippen LogP contribution is -2.37. The van der Waals surface area contributed by atoms with E-state index >= 15 is 0 Å². The Morgan fingerprint density at radius 2 is 1.85 bits per heavy atom. The number of nitrogens with zero attached hydrogens (tertiary/aromatic N) is 1. The Morgan fingerprint density at radius 1 is 1.07 bits per heavy atom. The summed E-state index contributed by atoms with van der Waals surface area (Å²) in [5, 5.41) is 3.12. The third-order valence-corrected chi connectivity index (χ3v) is 5.07. The van der Waals surface area contributed by atoms with E-state index in [9.17, 15) is 4.79 Å². The van der Waals surface area contributed by atoms with Crippen LogP contribution in [-0.4, -0.2) is 44.7 Å². The molecule has 1 fully saturated rings. The van der Waals surface area contributed by atoms with Gasteiger partial charge in [-0.3, -0.25) is 9.69 Å². The van der Waals surface area contributed by atoms with E-state index in [1.807, 2.05) is 42.5 Å². The first kappa shape index (κ1) is 19.2. The van der Waals surface area contributed by atoms with Gasteiger partial charge in [0.15, 0.2) is 0 Å². The molecule has 0 aliphatic carbocycles. The fourth-order valence-corrected chi connectivity index (χ4v) is 3.67. The van der Waals surface area contributed by atoms with Crippen molar-refractivity contribution in [2.24, 2.45) is 0 Å². The van der Waals surface area contributed by atoms with Crippen LogP contribution in [0.1, 0.15) is 30.0 Å². The van der Waals surface area contributed by atoms with Gasteiger partial charge in [0, 0.05) is 12.1 Å². The third-order valence-electron chi connectivity index (χ3n) is 5.07. The van der Waals surface area contributed by atoms with Crippen LogP contribution in [0.2, 0.25) is 0 Å². The molecule has 1 amide bonds. The van der Waals surface area contributed by atoms with E-state index in [0.29, 0.717) is 13.0 Å². The Hall–Kier alpha value is -2.53. The number of carbonyl (C=O) groups is 1. The molecule has 5 nitrogen and oxygen atoms in total. The second-order valence-corrected chi connectivity index (χ2v) is 6.83. The van der Waals surface area contributed by atoms with Gasteiger partial charge in [0.1, 0.15) is 11.5 Å². The SMILES string of the molecule is COc1cccc(CC(=O)NCC(c2ccccc2OC)N2CCCC2)c1. The summed E-state index contributed by atoms with van der Waals surface area (Å²) in [5.41, 5.74) is 2.07. The molecule has 144 valence electrons. The quantitative estimate of drug-likeness (QED) is 0.777. The van der Waals surface area contributed by atoms with Crippen molar-refractivity contribution in [3.63, 3.8) is 0 Å². The van der Waals surface area contributed by atoms with Gasteiger partial charge in [-0.15, -0.1) is 0 Å². The molecule has 1 N–H and O–H groups in total. The molecular formula is C22H28N2O3. The van der Waals surface area contributed by atoms with E-state index in [-0.39, 0.29) is 11.9 Å². The molecule has 1 aliphatic heterocycles. The van der Waals surface area contributed by atoms with Crippen LogP contribution in [0.25, 0.3) is 0 Å². The van der Waals surface area contributed by atoms with Gasteiger partial charge in [-0.05, 0) is 49.7 Å². The molecule has 3 rings (SSSR count). The summed E-state index contributed by atoms with van der Waals surface area (Å²) in [7, 11) is 3.33. The first-order chi connectivity index (χ1) is 13.2. The number of methoxy groups -OCH3 is 2. The minimum Gasteiger partial charge on any atom is -0.497 e. The van der Waals surface area contributed by atoms with Crippen LogP contribution >= 0.6 is 0 Å². The van der Waals surface area contributed by atoms with E-state index in [1.54, 1.807) is 14.2 Å². The Labute approximate surface area is 161 Å². The van der Waals surface area contributed by atoms with Crippen LogP contribution in [-0.2, 0) is 11.2 Å². The first-order valence-electron chi connectivity index (χ1n) is 9.48.